The zero-order chi connectivity index (χ0) is 14.1. The molecule has 0 unspecified atom stereocenters. The minimum Gasteiger partial charge on any atom is -0.507 e. The molecule has 0 bridgehead atoms. The number of aliphatic hydroxyl groups is 1. The number of benzene rings is 1. The number of aromatic hydroxyl groups is 1. The average Bonchev–Trinajstić information content (AvgIpc) is 2.31. The molecule has 0 saturated carbocycles. The number of phenols is 1. The maximum atomic E-state index is 13.2. The highest BCUT2D eigenvalue weighted by atomic mass is 35.5. The Morgan fingerprint density at radius 1 is 1.47 bits per heavy atom. The van der Waals surface area contributed by atoms with Gasteiger partial charge in [-0.05, 0) is 24.6 Å². The van der Waals surface area contributed by atoms with E-state index in [1.54, 1.807) is 0 Å². The standard InChI is InChI=1S/C11H13F2NO4.ClH/c1-5-2-6(10(17)18)3-7(8(5)16)9(14)11(12,13)4-15;/h2-3,9,15-16H,4,14H2,1H3,(H,17,18);1H/t9-;/m1./s1. The van der Waals surface area contributed by atoms with Gasteiger partial charge in [-0.25, -0.2) is 13.6 Å². The number of rotatable bonds is 4. The van der Waals surface area contributed by atoms with Gasteiger partial charge >= 0.3 is 5.97 Å². The second-order valence-electron chi connectivity index (χ2n) is 3.93. The Bertz CT molecular complexity index is 482. The molecule has 0 spiro atoms. The van der Waals surface area contributed by atoms with E-state index in [1.165, 1.54) is 6.92 Å². The minimum atomic E-state index is -3.65. The zero-order valence-electron chi connectivity index (χ0n) is 9.93. The maximum Gasteiger partial charge on any atom is 0.335 e. The number of aryl methyl sites for hydroxylation is 1. The summed E-state index contributed by atoms with van der Waals surface area (Å²) in [6.07, 6.45) is 0. The van der Waals surface area contributed by atoms with Crippen LogP contribution in [-0.4, -0.2) is 33.8 Å². The fraction of sp³-hybridized carbons (Fsp3) is 0.364. The first-order valence-electron chi connectivity index (χ1n) is 5.01. The molecule has 0 saturated heterocycles. The fourth-order valence-corrected chi connectivity index (χ4v) is 1.49. The summed E-state index contributed by atoms with van der Waals surface area (Å²) < 4.78 is 26.5. The van der Waals surface area contributed by atoms with Crippen LogP contribution in [0.2, 0.25) is 0 Å². The van der Waals surface area contributed by atoms with Crippen molar-refractivity contribution < 1.29 is 28.9 Å². The van der Waals surface area contributed by atoms with Gasteiger partial charge in [0.15, 0.2) is 0 Å². The van der Waals surface area contributed by atoms with Crippen molar-refractivity contribution in [2.45, 2.75) is 18.9 Å². The minimum absolute atomic E-state index is 0. The summed E-state index contributed by atoms with van der Waals surface area (Å²) in [5.74, 6) is -5.47. The molecule has 1 aromatic carbocycles. The maximum absolute atomic E-state index is 13.2. The van der Waals surface area contributed by atoms with Crippen LogP contribution in [0.15, 0.2) is 12.1 Å². The summed E-state index contributed by atoms with van der Waals surface area (Å²) in [6, 6.07) is 0.0321. The van der Waals surface area contributed by atoms with Crippen LogP contribution in [0.4, 0.5) is 8.78 Å². The summed E-state index contributed by atoms with van der Waals surface area (Å²) in [5, 5.41) is 27.0. The molecule has 0 aromatic heterocycles. The molecule has 5 N–H and O–H groups in total. The second kappa shape index (κ2) is 6.14. The Labute approximate surface area is 114 Å². The predicted octanol–water partition coefficient (Wildman–Crippen LogP) is 1.45. The largest absolute Gasteiger partial charge is 0.507 e. The quantitative estimate of drug-likeness (QED) is 0.673. The predicted molar refractivity (Wildman–Crippen MR) is 66.0 cm³/mol. The number of aromatic carboxylic acids is 1. The van der Waals surface area contributed by atoms with Crippen LogP contribution in [0.3, 0.4) is 0 Å². The van der Waals surface area contributed by atoms with Gasteiger partial charge in [0.25, 0.3) is 5.92 Å². The highest BCUT2D eigenvalue weighted by Crippen LogP contribution is 2.36. The first-order chi connectivity index (χ1) is 8.20. The van der Waals surface area contributed by atoms with Gasteiger partial charge in [0.1, 0.15) is 18.4 Å². The molecule has 19 heavy (non-hydrogen) atoms. The molecule has 1 rings (SSSR count). The molecular formula is C11H14ClF2NO4. The molecule has 0 radical (unpaired) electrons. The lowest BCUT2D eigenvalue weighted by Crippen LogP contribution is -2.36. The number of carboxylic acids is 1. The van der Waals surface area contributed by atoms with Crippen LogP contribution >= 0.6 is 12.4 Å². The van der Waals surface area contributed by atoms with Crippen LogP contribution in [0.1, 0.15) is 27.5 Å². The number of halogens is 3. The van der Waals surface area contributed by atoms with E-state index in [9.17, 15) is 18.7 Å². The topological polar surface area (TPSA) is 104 Å². The molecule has 0 fully saturated rings. The van der Waals surface area contributed by atoms with Crippen molar-refractivity contribution in [3.05, 3.63) is 28.8 Å². The Kier molecular flexibility index (Phi) is 5.67. The SMILES string of the molecule is Cc1cc(C(=O)O)cc([C@@H](N)C(F)(F)CO)c1O.Cl. The van der Waals surface area contributed by atoms with Gasteiger partial charge < -0.3 is 21.1 Å². The van der Waals surface area contributed by atoms with Crippen LogP contribution in [0.25, 0.3) is 0 Å². The van der Waals surface area contributed by atoms with Gasteiger partial charge in [-0.1, -0.05) is 0 Å². The first-order valence-corrected chi connectivity index (χ1v) is 5.01. The lowest BCUT2D eigenvalue weighted by atomic mass is 9.96. The number of hydrogen-bond donors (Lipinski definition) is 4. The molecule has 8 heteroatoms. The smallest absolute Gasteiger partial charge is 0.335 e. The third-order valence-corrected chi connectivity index (χ3v) is 2.58. The van der Waals surface area contributed by atoms with Crippen LogP contribution in [0, 0.1) is 6.92 Å². The van der Waals surface area contributed by atoms with E-state index in [1.807, 2.05) is 0 Å². The molecule has 0 aliphatic carbocycles. The lowest BCUT2D eigenvalue weighted by Gasteiger charge is -2.23. The second-order valence-corrected chi connectivity index (χ2v) is 3.93. The zero-order valence-corrected chi connectivity index (χ0v) is 10.7. The summed E-state index contributed by atoms with van der Waals surface area (Å²) in [7, 11) is 0. The number of hydrogen-bond acceptors (Lipinski definition) is 4. The van der Waals surface area contributed by atoms with E-state index in [0.717, 1.165) is 12.1 Å². The van der Waals surface area contributed by atoms with Crippen molar-refractivity contribution in [2.24, 2.45) is 5.73 Å². The molecule has 0 heterocycles. The Balaban J connectivity index is 0.00000324. The van der Waals surface area contributed by atoms with E-state index in [4.69, 9.17) is 15.9 Å². The molecule has 0 aliphatic rings. The number of alkyl halides is 2. The summed E-state index contributed by atoms with van der Waals surface area (Å²) in [6.45, 7) is -0.126. The van der Waals surface area contributed by atoms with E-state index >= 15 is 0 Å². The summed E-state index contributed by atoms with van der Waals surface area (Å²) in [4.78, 5) is 10.8. The number of aliphatic hydroxyl groups excluding tert-OH is 1. The van der Waals surface area contributed by atoms with Gasteiger partial charge in [-0.3, -0.25) is 0 Å². The van der Waals surface area contributed by atoms with Gasteiger partial charge in [0.2, 0.25) is 0 Å². The van der Waals surface area contributed by atoms with Crippen LogP contribution in [0.5, 0.6) is 5.75 Å². The Morgan fingerprint density at radius 3 is 2.42 bits per heavy atom. The molecule has 1 atom stereocenters. The highest BCUT2D eigenvalue weighted by Gasteiger charge is 2.39. The van der Waals surface area contributed by atoms with Gasteiger partial charge in [-0.2, -0.15) is 0 Å². The molecule has 0 amide bonds. The van der Waals surface area contributed by atoms with E-state index in [2.05, 4.69) is 0 Å². The molecule has 0 aliphatic heterocycles. The van der Waals surface area contributed by atoms with E-state index < -0.39 is 35.9 Å². The van der Waals surface area contributed by atoms with Gasteiger partial charge in [-0.15, -0.1) is 12.4 Å². The average molecular weight is 298 g/mol. The number of carbonyl (C=O) groups is 1. The van der Waals surface area contributed by atoms with Crippen LogP contribution < -0.4 is 5.73 Å². The monoisotopic (exact) mass is 297 g/mol. The van der Waals surface area contributed by atoms with Gasteiger partial charge in [0, 0.05) is 5.56 Å². The van der Waals surface area contributed by atoms with E-state index in [-0.39, 0.29) is 23.5 Å². The van der Waals surface area contributed by atoms with Crippen molar-refractivity contribution in [1.82, 2.24) is 0 Å². The lowest BCUT2D eigenvalue weighted by molar-refractivity contribution is -0.0716. The third-order valence-electron chi connectivity index (χ3n) is 2.58. The number of phenolic OH excluding ortho intramolecular Hbond substituents is 1. The number of nitrogens with two attached hydrogens (primary N) is 1. The third kappa shape index (κ3) is 3.52. The first kappa shape index (κ1) is 17.6. The van der Waals surface area contributed by atoms with Crippen molar-refractivity contribution >= 4 is 18.4 Å². The molecule has 108 valence electrons. The summed E-state index contributed by atoms with van der Waals surface area (Å²) in [5.41, 5.74) is 4.71. The Morgan fingerprint density at radius 2 is 2.00 bits per heavy atom. The van der Waals surface area contributed by atoms with Crippen molar-refractivity contribution in [3.8, 4) is 5.75 Å². The normalized spacial score (nSPS) is 12.7. The molecule has 5 nitrogen and oxygen atoms in total. The Hall–Kier alpha value is -1.44. The van der Waals surface area contributed by atoms with Crippen molar-refractivity contribution in [2.75, 3.05) is 6.61 Å². The number of carboxylic acid groups (broad SMARTS) is 1. The molecule has 1 aromatic rings. The van der Waals surface area contributed by atoms with E-state index in [0.29, 0.717) is 0 Å². The van der Waals surface area contributed by atoms with Crippen molar-refractivity contribution in [1.29, 1.82) is 0 Å². The molecular weight excluding hydrogens is 284 g/mol. The highest BCUT2D eigenvalue weighted by molar-refractivity contribution is 5.88. The van der Waals surface area contributed by atoms with Gasteiger partial charge in [0.05, 0.1) is 5.56 Å². The van der Waals surface area contributed by atoms with Crippen molar-refractivity contribution in [3.63, 3.8) is 0 Å². The fourth-order valence-electron chi connectivity index (χ4n) is 1.49. The summed E-state index contributed by atoms with van der Waals surface area (Å²) >= 11 is 0. The van der Waals surface area contributed by atoms with Crippen LogP contribution in [-0.2, 0) is 0 Å².